The second-order valence-corrected chi connectivity index (χ2v) is 10.5. The number of esters is 1. The molecule has 5 nitrogen and oxygen atoms in total. The molecular weight excluding hydrogens is 408 g/mol. The molecule has 2 fully saturated rings. The summed E-state index contributed by atoms with van der Waals surface area (Å²) in [6.07, 6.45) is 16.8. The Balaban J connectivity index is 1.50. The summed E-state index contributed by atoms with van der Waals surface area (Å²) in [5.74, 6) is -0.256. The highest BCUT2D eigenvalue weighted by Gasteiger charge is 2.32. The van der Waals surface area contributed by atoms with E-state index in [4.69, 9.17) is 4.74 Å². The van der Waals surface area contributed by atoms with Crippen LogP contribution in [0.5, 0.6) is 0 Å². The van der Waals surface area contributed by atoms with Crippen molar-refractivity contribution in [3.63, 3.8) is 0 Å². The van der Waals surface area contributed by atoms with Gasteiger partial charge in [-0.2, -0.15) is 0 Å². The van der Waals surface area contributed by atoms with E-state index in [1.165, 1.54) is 69.1 Å². The number of ether oxygens (including phenoxy) is 1. The molecule has 0 spiro atoms. The Morgan fingerprint density at radius 3 is 2.16 bits per heavy atom. The van der Waals surface area contributed by atoms with Gasteiger partial charge in [0.05, 0.1) is 18.7 Å². The molecule has 2 saturated carbocycles. The Bertz CT molecular complexity index is 745. The number of aryl methyl sites for hydroxylation is 1. The molecule has 1 amide bonds. The van der Waals surface area contributed by atoms with Crippen molar-refractivity contribution in [2.75, 3.05) is 18.5 Å². The van der Waals surface area contributed by atoms with Gasteiger partial charge in [-0.25, -0.2) is 4.79 Å². The molecule has 4 rings (SSSR count). The second-order valence-electron chi connectivity index (χ2n) is 9.44. The molecule has 0 bridgehead atoms. The zero-order chi connectivity index (χ0) is 21.6. The van der Waals surface area contributed by atoms with Crippen LogP contribution in [0.2, 0.25) is 0 Å². The van der Waals surface area contributed by atoms with E-state index < -0.39 is 0 Å². The zero-order valence-corrected chi connectivity index (χ0v) is 19.9. The highest BCUT2D eigenvalue weighted by Crippen LogP contribution is 2.39. The van der Waals surface area contributed by atoms with Gasteiger partial charge < -0.3 is 10.1 Å². The molecule has 6 heteroatoms. The van der Waals surface area contributed by atoms with E-state index in [1.807, 2.05) is 6.92 Å². The Morgan fingerprint density at radius 2 is 1.55 bits per heavy atom. The molecule has 1 aromatic rings. The van der Waals surface area contributed by atoms with E-state index in [2.05, 4.69) is 10.2 Å². The standard InChI is InChI=1S/C25H38N2O3S/c1-2-30-25(29)23-20-15-9-10-16-21(20)31-24(23)26-22(28)17-27(18-11-5-3-6-12-18)19-13-7-4-8-14-19/h18-19H,2-17H2,1H3,(H,26,28). The maximum absolute atomic E-state index is 13.3. The molecule has 1 aromatic heterocycles. The number of hydrogen-bond donors (Lipinski definition) is 1. The van der Waals surface area contributed by atoms with E-state index in [-0.39, 0.29) is 11.9 Å². The van der Waals surface area contributed by atoms with Crippen molar-refractivity contribution in [3.8, 4) is 0 Å². The summed E-state index contributed by atoms with van der Waals surface area (Å²) in [6.45, 7) is 2.63. The van der Waals surface area contributed by atoms with Gasteiger partial charge in [0.25, 0.3) is 0 Å². The maximum atomic E-state index is 13.3. The van der Waals surface area contributed by atoms with Crippen LogP contribution in [0.3, 0.4) is 0 Å². The highest BCUT2D eigenvalue weighted by molar-refractivity contribution is 7.17. The fraction of sp³-hybridized carbons (Fsp3) is 0.760. The number of thiophene rings is 1. The van der Waals surface area contributed by atoms with Crippen LogP contribution in [0.15, 0.2) is 0 Å². The van der Waals surface area contributed by atoms with Crippen molar-refractivity contribution < 1.29 is 14.3 Å². The molecular formula is C25H38N2O3S. The van der Waals surface area contributed by atoms with Gasteiger partial charge >= 0.3 is 5.97 Å². The van der Waals surface area contributed by atoms with Crippen molar-refractivity contribution in [3.05, 3.63) is 16.0 Å². The van der Waals surface area contributed by atoms with Gasteiger partial charge in [0.2, 0.25) is 5.91 Å². The van der Waals surface area contributed by atoms with Crippen LogP contribution in [-0.4, -0.2) is 42.0 Å². The molecule has 0 aromatic carbocycles. The molecule has 31 heavy (non-hydrogen) atoms. The third kappa shape index (κ3) is 5.51. The lowest BCUT2D eigenvalue weighted by molar-refractivity contribution is -0.119. The maximum Gasteiger partial charge on any atom is 0.341 e. The number of rotatable bonds is 7. The van der Waals surface area contributed by atoms with E-state index in [1.54, 1.807) is 11.3 Å². The summed E-state index contributed by atoms with van der Waals surface area (Å²) in [4.78, 5) is 29.7. The van der Waals surface area contributed by atoms with Gasteiger partial charge in [-0.3, -0.25) is 9.69 Å². The van der Waals surface area contributed by atoms with E-state index >= 15 is 0 Å². The number of nitrogens with one attached hydrogen (secondary N) is 1. The first-order valence-corrected chi connectivity index (χ1v) is 13.4. The SMILES string of the molecule is CCOC(=O)c1c(NC(=O)CN(C2CCCCC2)C2CCCCC2)sc2c1CCCC2. The van der Waals surface area contributed by atoms with Crippen molar-refractivity contribution in [2.24, 2.45) is 0 Å². The predicted octanol–water partition coefficient (Wildman–Crippen LogP) is 5.71. The van der Waals surface area contributed by atoms with Gasteiger partial charge in [0.1, 0.15) is 5.00 Å². The zero-order valence-electron chi connectivity index (χ0n) is 19.0. The Labute approximate surface area is 190 Å². The topological polar surface area (TPSA) is 58.6 Å². The number of nitrogens with zero attached hydrogens (tertiary/aromatic N) is 1. The summed E-state index contributed by atoms with van der Waals surface area (Å²) in [7, 11) is 0. The summed E-state index contributed by atoms with van der Waals surface area (Å²) in [6, 6.07) is 1.06. The largest absolute Gasteiger partial charge is 0.462 e. The average molecular weight is 447 g/mol. The van der Waals surface area contributed by atoms with E-state index in [0.717, 1.165) is 31.2 Å². The van der Waals surface area contributed by atoms with Crippen LogP contribution in [0, 0.1) is 0 Å². The van der Waals surface area contributed by atoms with Crippen molar-refractivity contribution >= 4 is 28.2 Å². The molecule has 0 saturated heterocycles. The Kier molecular flexibility index (Phi) is 8.05. The van der Waals surface area contributed by atoms with Crippen LogP contribution >= 0.6 is 11.3 Å². The molecule has 0 aliphatic heterocycles. The van der Waals surface area contributed by atoms with E-state index in [0.29, 0.717) is 35.8 Å². The second kappa shape index (κ2) is 11.0. The van der Waals surface area contributed by atoms with Gasteiger partial charge in [-0.15, -0.1) is 11.3 Å². The molecule has 3 aliphatic carbocycles. The molecule has 0 radical (unpaired) electrons. The average Bonchev–Trinajstić information content (AvgIpc) is 3.16. The van der Waals surface area contributed by atoms with Crippen LogP contribution in [-0.2, 0) is 22.4 Å². The van der Waals surface area contributed by atoms with Gasteiger partial charge in [0.15, 0.2) is 0 Å². The molecule has 0 unspecified atom stereocenters. The summed E-state index contributed by atoms with van der Waals surface area (Å²) >= 11 is 1.59. The normalized spacial score (nSPS) is 20.5. The fourth-order valence-electron chi connectivity index (χ4n) is 5.79. The minimum Gasteiger partial charge on any atom is -0.462 e. The molecule has 172 valence electrons. The molecule has 1 N–H and O–H groups in total. The number of amides is 1. The monoisotopic (exact) mass is 446 g/mol. The molecule has 0 atom stereocenters. The van der Waals surface area contributed by atoms with Crippen LogP contribution in [0.25, 0.3) is 0 Å². The minimum atomic E-state index is -0.284. The van der Waals surface area contributed by atoms with Crippen LogP contribution in [0.1, 0.15) is 105 Å². The van der Waals surface area contributed by atoms with Crippen molar-refractivity contribution in [1.29, 1.82) is 0 Å². The molecule has 3 aliphatic rings. The summed E-state index contributed by atoms with van der Waals surface area (Å²) in [5, 5.41) is 3.86. The minimum absolute atomic E-state index is 0.0280. The molecule has 1 heterocycles. The number of carbonyl (C=O) groups is 2. The quantitative estimate of drug-likeness (QED) is 0.545. The first kappa shape index (κ1) is 22.8. The summed E-state index contributed by atoms with van der Waals surface area (Å²) < 4.78 is 5.35. The van der Waals surface area contributed by atoms with Crippen molar-refractivity contribution in [1.82, 2.24) is 4.90 Å². The lowest BCUT2D eigenvalue weighted by Gasteiger charge is -2.41. The van der Waals surface area contributed by atoms with Gasteiger partial charge in [0, 0.05) is 17.0 Å². The number of anilines is 1. The first-order chi connectivity index (χ1) is 15.2. The Morgan fingerprint density at radius 1 is 0.935 bits per heavy atom. The van der Waals surface area contributed by atoms with Crippen LogP contribution < -0.4 is 5.32 Å². The Hall–Kier alpha value is -1.40. The third-order valence-corrected chi connectivity index (χ3v) is 8.52. The van der Waals surface area contributed by atoms with Crippen LogP contribution in [0.4, 0.5) is 5.00 Å². The number of carbonyl (C=O) groups excluding carboxylic acids is 2. The van der Waals surface area contributed by atoms with Gasteiger partial charge in [-0.1, -0.05) is 38.5 Å². The highest BCUT2D eigenvalue weighted by atomic mass is 32.1. The smallest absolute Gasteiger partial charge is 0.341 e. The van der Waals surface area contributed by atoms with E-state index in [9.17, 15) is 9.59 Å². The first-order valence-electron chi connectivity index (χ1n) is 12.5. The lowest BCUT2D eigenvalue weighted by atomic mass is 9.88. The fourth-order valence-corrected chi connectivity index (χ4v) is 7.08. The van der Waals surface area contributed by atoms with Crippen molar-refractivity contribution in [2.45, 2.75) is 109 Å². The number of fused-ring (bicyclic) bond motifs is 1. The predicted molar refractivity (Wildman–Crippen MR) is 126 cm³/mol. The number of hydrogen-bond acceptors (Lipinski definition) is 5. The lowest BCUT2D eigenvalue weighted by Crippen LogP contribution is -2.48. The summed E-state index contributed by atoms with van der Waals surface area (Å²) in [5.41, 5.74) is 1.73. The van der Waals surface area contributed by atoms with Gasteiger partial charge in [-0.05, 0) is 63.9 Å². The third-order valence-electron chi connectivity index (χ3n) is 7.32.